The van der Waals surface area contributed by atoms with E-state index in [9.17, 15) is 4.79 Å². The van der Waals surface area contributed by atoms with Gasteiger partial charge in [0.25, 0.3) is 0 Å². The second kappa shape index (κ2) is 5.60. The lowest BCUT2D eigenvalue weighted by molar-refractivity contribution is -0.116. The largest absolute Gasteiger partial charge is 0.381 e. The minimum Gasteiger partial charge on any atom is -0.381 e. The molecule has 1 aliphatic heterocycles. The first-order chi connectivity index (χ1) is 10.1. The molecule has 2 aromatic rings. The third-order valence-electron chi connectivity index (χ3n) is 4.10. The Morgan fingerprint density at radius 2 is 2.05 bits per heavy atom. The van der Waals surface area contributed by atoms with Crippen LogP contribution in [-0.2, 0) is 17.8 Å². The second-order valence-corrected chi connectivity index (χ2v) is 5.54. The number of anilines is 2. The molecule has 1 N–H and O–H groups in total. The SMILES string of the molecule is CC(=O)N1CCc2cc(NCc3ccccc3C)ccc21. The Labute approximate surface area is 125 Å². The van der Waals surface area contributed by atoms with Gasteiger partial charge in [-0.15, -0.1) is 0 Å². The van der Waals surface area contributed by atoms with Crippen molar-refractivity contribution in [2.24, 2.45) is 0 Å². The average molecular weight is 280 g/mol. The van der Waals surface area contributed by atoms with E-state index < -0.39 is 0 Å². The summed E-state index contributed by atoms with van der Waals surface area (Å²) in [5.41, 5.74) is 6.03. The molecule has 0 bridgehead atoms. The molecule has 0 fully saturated rings. The molecule has 0 radical (unpaired) electrons. The van der Waals surface area contributed by atoms with Crippen molar-refractivity contribution in [2.75, 3.05) is 16.8 Å². The smallest absolute Gasteiger partial charge is 0.223 e. The maximum absolute atomic E-state index is 11.6. The lowest BCUT2D eigenvalue weighted by Gasteiger charge is -2.15. The Balaban J connectivity index is 1.74. The lowest BCUT2D eigenvalue weighted by atomic mass is 10.1. The van der Waals surface area contributed by atoms with Crippen molar-refractivity contribution in [1.82, 2.24) is 0 Å². The molecule has 0 saturated heterocycles. The molecule has 2 aromatic carbocycles. The van der Waals surface area contributed by atoms with Crippen LogP contribution in [0.4, 0.5) is 11.4 Å². The van der Waals surface area contributed by atoms with E-state index in [-0.39, 0.29) is 5.91 Å². The van der Waals surface area contributed by atoms with Crippen molar-refractivity contribution in [1.29, 1.82) is 0 Å². The van der Waals surface area contributed by atoms with Gasteiger partial charge in [0.05, 0.1) is 0 Å². The molecule has 0 saturated carbocycles. The Kier molecular flexibility index (Phi) is 3.65. The summed E-state index contributed by atoms with van der Waals surface area (Å²) in [6.07, 6.45) is 0.939. The van der Waals surface area contributed by atoms with Crippen LogP contribution in [0.5, 0.6) is 0 Å². The van der Waals surface area contributed by atoms with Crippen molar-refractivity contribution in [2.45, 2.75) is 26.8 Å². The van der Waals surface area contributed by atoms with Gasteiger partial charge in [0.15, 0.2) is 0 Å². The topological polar surface area (TPSA) is 32.3 Å². The average Bonchev–Trinajstić information content (AvgIpc) is 2.89. The normalized spacial score (nSPS) is 13.1. The van der Waals surface area contributed by atoms with E-state index in [2.05, 4.69) is 48.6 Å². The highest BCUT2D eigenvalue weighted by Crippen LogP contribution is 2.30. The molecule has 0 atom stereocenters. The fraction of sp³-hybridized carbons (Fsp3) is 0.278. The van der Waals surface area contributed by atoms with Crippen molar-refractivity contribution >= 4 is 17.3 Å². The number of carbonyl (C=O) groups is 1. The van der Waals surface area contributed by atoms with Crippen molar-refractivity contribution in [3.05, 3.63) is 59.2 Å². The van der Waals surface area contributed by atoms with Gasteiger partial charge in [0.1, 0.15) is 0 Å². The molecule has 3 heteroatoms. The molecule has 3 nitrogen and oxygen atoms in total. The standard InChI is InChI=1S/C18H20N2O/c1-13-5-3-4-6-16(13)12-19-17-7-8-18-15(11-17)9-10-20(18)14(2)21/h3-8,11,19H,9-10,12H2,1-2H3. The summed E-state index contributed by atoms with van der Waals surface area (Å²) in [6.45, 7) is 5.37. The highest BCUT2D eigenvalue weighted by Gasteiger charge is 2.21. The highest BCUT2D eigenvalue weighted by molar-refractivity contribution is 5.94. The van der Waals surface area contributed by atoms with Crippen LogP contribution in [0.15, 0.2) is 42.5 Å². The number of fused-ring (bicyclic) bond motifs is 1. The zero-order valence-corrected chi connectivity index (χ0v) is 12.5. The molecule has 0 aromatic heterocycles. The number of hydrogen-bond donors (Lipinski definition) is 1. The maximum Gasteiger partial charge on any atom is 0.223 e. The summed E-state index contributed by atoms with van der Waals surface area (Å²) in [5, 5.41) is 3.47. The summed E-state index contributed by atoms with van der Waals surface area (Å²) < 4.78 is 0. The third kappa shape index (κ3) is 2.77. The van der Waals surface area contributed by atoms with Crippen molar-refractivity contribution in [3.63, 3.8) is 0 Å². The molecule has 0 aliphatic carbocycles. The first kappa shape index (κ1) is 13.7. The van der Waals surface area contributed by atoms with E-state index >= 15 is 0 Å². The molecule has 0 spiro atoms. The fourth-order valence-corrected chi connectivity index (χ4v) is 2.84. The van der Waals surface area contributed by atoms with Crippen LogP contribution >= 0.6 is 0 Å². The van der Waals surface area contributed by atoms with Crippen molar-refractivity contribution in [3.8, 4) is 0 Å². The van der Waals surface area contributed by atoms with Crippen LogP contribution in [0.25, 0.3) is 0 Å². The van der Waals surface area contributed by atoms with Gasteiger partial charge in [-0.1, -0.05) is 24.3 Å². The maximum atomic E-state index is 11.6. The molecular weight excluding hydrogens is 260 g/mol. The predicted molar refractivity (Wildman–Crippen MR) is 86.7 cm³/mol. The molecular formula is C18H20N2O. The number of amides is 1. The van der Waals surface area contributed by atoms with Crippen LogP contribution in [0.2, 0.25) is 0 Å². The van der Waals surface area contributed by atoms with Crippen LogP contribution in [-0.4, -0.2) is 12.5 Å². The van der Waals surface area contributed by atoms with E-state index in [1.165, 1.54) is 16.7 Å². The number of rotatable bonds is 3. The molecule has 1 heterocycles. The van der Waals surface area contributed by atoms with Crippen LogP contribution in [0, 0.1) is 6.92 Å². The zero-order chi connectivity index (χ0) is 14.8. The predicted octanol–water partition coefficient (Wildman–Crippen LogP) is 3.52. The van der Waals surface area contributed by atoms with Crippen molar-refractivity contribution < 1.29 is 4.79 Å². The number of carbonyl (C=O) groups excluding carboxylic acids is 1. The van der Waals surface area contributed by atoms with Gasteiger partial charge in [-0.3, -0.25) is 4.79 Å². The van der Waals surface area contributed by atoms with E-state index in [4.69, 9.17) is 0 Å². The summed E-state index contributed by atoms with van der Waals surface area (Å²) in [5.74, 6) is 0.120. The Morgan fingerprint density at radius 3 is 2.81 bits per heavy atom. The first-order valence-corrected chi connectivity index (χ1v) is 7.34. The van der Waals surface area contributed by atoms with Crippen LogP contribution in [0.3, 0.4) is 0 Å². The molecule has 0 unspecified atom stereocenters. The summed E-state index contributed by atoms with van der Waals surface area (Å²) >= 11 is 0. The van der Waals surface area contributed by atoms with E-state index in [0.29, 0.717) is 0 Å². The summed E-state index contributed by atoms with van der Waals surface area (Å²) in [6, 6.07) is 14.7. The van der Waals surface area contributed by atoms with Gasteiger partial charge in [-0.05, 0) is 48.2 Å². The molecule has 3 rings (SSSR count). The number of hydrogen-bond acceptors (Lipinski definition) is 2. The Bertz CT molecular complexity index is 679. The molecule has 1 aliphatic rings. The summed E-state index contributed by atoms with van der Waals surface area (Å²) in [7, 11) is 0. The molecule has 108 valence electrons. The van der Waals surface area contributed by atoms with Gasteiger partial charge in [0.2, 0.25) is 5.91 Å². The van der Waals surface area contributed by atoms with Gasteiger partial charge >= 0.3 is 0 Å². The molecule has 1 amide bonds. The van der Waals surface area contributed by atoms with E-state index in [0.717, 1.165) is 30.9 Å². The van der Waals surface area contributed by atoms with Crippen LogP contribution < -0.4 is 10.2 Å². The number of benzene rings is 2. The summed E-state index contributed by atoms with van der Waals surface area (Å²) in [4.78, 5) is 13.4. The Hall–Kier alpha value is -2.29. The number of nitrogens with one attached hydrogen (secondary N) is 1. The quantitative estimate of drug-likeness (QED) is 0.933. The second-order valence-electron chi connectivity index (χ2n) is 5.54. The van der Waals surface area contributed by atoms with E-state index in [1.54, 1.807) is 6.92 Å². The first-order valence-electron chi connectivity index (χ1n) is 7.34. The minimum atomic E-state index is 0.120. The number of aryl methyl sites for hydroxylation is 1. The Morgan fingerprint density at radius 1 is 1.24 bits per heavy atom. The van der Waals surface area contributed by atoms with Gasteiger partial charge < -0.3 is 10.2 Å². The lowest BCUT2D eigenvalue weighted by Crippen LogP contribution is -2.25. The number of nitrogens with zero attached hydrogens (tertiary/aromatic N) is 1. The van der Waals surface area contributed by atoms with Gasteiger partial charge in [-0.25, -0.2) is 0 Å². The van der Waals surface area contributed by atoms with E-state index in [1.807, 2.05) is 11.0 Å². The van der Waals surface area contributed by atoms with Gasteiger partial charge in [-0.2, -0.15) is 0 Å². The van der Waals surface area contributed by atoms with Gasteiger partial charge in [0, 0.05) is 31.4 Å². The highest BCUT2D eigenvalue weighted by atomic mass is 16.2. The third-order valence-corrected chi connectivity index (χ3v) is 4.10. The monoisotopic (exact) mass is 280 g/mol. The zero-order valence-electron chi connectivity index (χ0n) is 12.5. The van der Waals surface area contributed by atoms with Crippen LogP contribution in [0.1, 0.15) is 23.6 Å². The minimum absolute atomic E-state index is 0.120. The molecule has 21 heavy (non-hydrogen) atoms. The fourth-order valence-electron chi connectivity index (χ4n) is 2.84.